The lowest BCUT2D eigenvalue weighted by Gasteiger charge is -2.16. The Balaban J connectivity index is 1.95. The predicted octanol–water partition coefficient (Wildman–Crippen LogP) is 1.48. The summed E-state index contributed by atoms with van der Waals surface area (Å²) < 4.78 is 23.0. The minimum absolute atomic E-state index is 0.0796. The number of benzene rings is 1. The molecule has 0 aliphatic carbocycles. The Morgan fingerprint density at radius 1 is 1.30 bits per heavy atom. The standard InChI is InChI=1S/C14H16N6O2S/c1-8(10-4-3-5-11(6-10)23(15,21)22)17-13-12-7-16-20-14(12)19-9(2)18-13/h3-8H,1-2H3,(H2,15,21,22)(H2,16,17,18,19,20). The van der Waals surface area contributed by atoms with E-state index in [0.29, 0.717) is 17.3 Å². The molecule has 1 atom stereocenters. The van der Waals surface area contributed by atoms with Crippen molar-refractivity contribution in [2.24, 2.45) is 5.14 Å². The van der Waals surface area contributed by atoms with Crippen molar-refractivity contribution in [2.75, 3.05) is 5.32 Å². The molecule has 0 saturated carbocycles. The van der Waals surface area contributed by atoms with Crippen molar-refractivity contribution in [3.63, 3.8) is 0 Å². The first-order chi connectivity index (χ1) is 10.8. The number of hydrogen-bond donors (Lipinski definition) is 3. The van der Waals surface area contributed by atoms with Crippen LogP contribution < -0.4 is 10.5 Å². The van der Waals surface area contributed by atoms with Gasteiger partial charge in [-0.25, -0.2) is 23.5 Å². The number of aromatic amines is 1. The van der Waals surface area contributed by atoms with Gasteiger partial charge in [0.15, 0.2) is 5.65 Å². The van der Waals surface area contributed by atoms with E-state index in [9.17, 15) is 8.42 Å². The van der Waals surface area contributed by atoms with Gasteiger partial charge in [0.1, 0.15) is 11.6 Å². The minimum atomic E-state index is -3.73. The van der Waals surface area contributed by atoms with Crippen molar-refractivity contribution >= 4 is 26.9 Å². The SMILES string of the molecule is Cc1nc(NC(C)c2cccc(S(N)(=O)=O)c2)c2cn[nH]c2n1. The molecule has 2 heterocycles. The van der Waals surface area contributed by atoms with Crippen LogP contribution in [0.4, 0.5) is 5.82 Å². The van der Waals surface area contributed by atoms with Crippen LogP contribution in [0.25, 0.3) is 11.0 Å². The molecule has 0 aliphatic rings. The van der Waals surface area contributed by atoms with Gasteiger partial charge in [0.25, 0.3) is 0 Å². The van der Waals surface area contributed by atoms with Crippen LogP contribution in [0.2, 0.25) is 0 Å². The van der Waals surface area contributed by atoms with E-state index in [1.54, 1.807) is 25.3 Å². The van der Waals surface area contributed by atoms with E-state index in [4.69, 9.17) is 5.14 Å². The molecule has 1 aromatic carbocycles. The summed E-state index contributed by atoms with van der Waals surface area (Å²) in [5.74, 6) is 1.24. The van der Waals surface area contributed by atoms with Crippen molar-refractivity contribution < 1.29 is 8.42 Å². The van der Waals surface area contributed by atoms with E-state index >= 15 is 0 Å². The fourth-order valence-electron chi connectivity index (χ4n) is 2.31. The predicted molar refractivity (Wildman–Crippen MR) is 86.3 cm³/mol. The van der Waals surface area contributed by atoms with Gasteiger partial charge < -0.3 is 5.32 Å². The molecule has 0 bridgehead atoms. The molecule has 9 heteroatoms. The second kappa shape index (κ2) is 5.60. The third kappa shape index (κ3) is 3.15. The number of nitrogens with two attached hydrogens (primary N) is 1. The Labute approximate surface area is 133 Å². The van der Waals surface area contributed by atoms with E-state index in [2.05, 4.69) is 25.5 Å². The topological polar surface area (TPSA) is 127 Å². The zero-order valence-electron chi connectivity index (χ0n) is 12.6. The lowest BCUT2D eigenvalue weighted by molar-refractivity contribution is 0.597. The zero-order chi connectivity index (χ0) is 16.6. The Hall–Kier alpha value is -2.52. The highest BCUT2D eigenvalue weighted by Gasteiger charge is 2.14. The number of sulfonamides is 1. The van der Waals surface area contributed by atoms with Gasteiger partial charge in [0, 0.05) is 0 Å². The van der Waals surface area contributed by atoms with Gasteiger partial charge in [0.05, 0.1) is 22.5 Å². The average Bonchev–Trinajstić information content (AvgIpc) is 2.94. The first-order valence-corrected chi connectivity index (χ1v) is 8.46. The maximum atomic E-state index is 11.5. The molecule has 0 spiro atoms. The molecular weight excluding hydrogens is 316 g/mol. The molecule has 4 N–H and O–H groups in total. The van der Waals surface area contributed by atoms with Crippen LogP contribution in [0, 0.1) is 6.92 Å². The number of primary sulfonamides is 1. The highest BCUT2D eigenvalue weighted by atomic mass is 32.2. The highest BCUT2D eigenvalue weighted by Crippen LogP contribution is 2.24. The van der Waals surface area contributed by atoms with E-state index in [1.807, 2.05) is 13.0 Å². The molecule has 1 unspecified atom stereocenters. The smallest absolute Gasteiger partial charge is 0.238 e. The van der Waals surface area contributed by atoms with Gasteiger partial charge in [-0.15, -0.1) is 0 Å². The third-order valence-corrected chi connectivity index (χ3v) is 4.37. The van der Waals surface area contributed by atoms with Crippen LogP contribution in [-0.2, 0) is 10.0 Å². The number of hydrogen-bond acceptors (Lipinski definition) is 6. The number of anilines is 1. The summed E-state index contributed by atoms with van der Waals surface area (Å²) in [5, 5.41) is 16.0. The van der Waals surface area contributed by atoms with Gasteiger partial charge in [0.2, 0.25) is 10.0 Å². The number of aryl methyl sites for hydroxylation is 1. The van der Waals surface area contributed by atoms with Crippen molar-refractivity contribution in [3.8, 4) is 0 Å². The summed E-state index contributed by atoms with van der Waals surface area (Å²) in [4.78, 5) is 8.72. The van der Waals surface area contributed by atoms with Crippen LogP contribution in [0.3, 0.4) is 0 Å². The van der Waals surface area contributed by atoms with Crippen molar-refractivity contribution in [3.05, 3.63) is 41.9 Å². The normalized spacial score (nSPS) is 13.2. The molecular formula is C14H16N6O2S. The Kier molecular flexibility index (Phi) is 3.74. The first kappa shape index (κ1) is 15.4. The molecule has 3 rings (SSSR count). The summed E-state index contributed by atoms with van der Waals surface area (Å²) in [6.07, 6.45) is 1.64. The van der Waals surface area contributed by atoms with Crippen LogP contribution in [-0.4, -0.2) is 28.6 Å². The van der Waals surface area contributed by atoms with Crippen molar-refractivity contribution in [1.29, 1.82) is 0 Å². The summed E-state index contributed by atoms with van der Waals surface area (Å²) in [5.41, 5.74) is 1.43. The quantitative estimate of drug-likeness (QED) is 0.664. The molecule has 0 aliphatic heterocycles. The zero-order valence-corrected chi connectivity index (χ0v) is 13.4. The monoisotopic (exact) mass is 332 g/mol. The van der Waals surface area contributed by atoms with E-state index in [-0.39, 0.29) is 10.9 Å². The highest BCUT2D eigenvalue weighted by molar-refractivity contribution is 7.89. The van der Waals surface area contributed by atoms with Crippen molar-refractivity contribution in [1.82, 2.24) is 20.2 Å². The molecule has 120 valence electrons. The largest absolute Gasteiger partial charge is 0.363 e. The fourth-order valence-corrected chi connectivity index (χ4v) is 2.87. The Morgan fingerprint density at radius 2 is 2.09 bits per heavy atom. The first-order valence-electron chi connectivity index (χ1n) is 6.91. The molecule has 8 nitrogen and oxygen atoms in total. The number of nitrogens with one attached hydrogen (secondary N) is 2. The van der Waals surface area contributed by atoms with Gasteiger partial charge >= 0.3 is 0 Å². The Bertz CT molecular complexity index is 966. The van der Waals surface area contributed by atoms with Crippen LogP contribution >= 0.6 is 0 Å². The number of aromatic nitrogens is 4. The number of nitrogens with zero attached hydrogens (tertiary/aromatic N) is 3. The molecule has 0 fully saturated rings. The lowest BCUT2D eigenvalue weighted by atomic mass is 10.1. The average molecular weight is 332 g/mol. The van der Waals surface area contributed by atoms with Gasteiger partial charge in [-0.2, -0.15) is 5.10 Å². The second-order valence-corrected chi connectivity index (χ2v) is 6.80. The maximum absolute atomic E-state index is 11.5. The van der Waals surface area contributed by atoms with Gasteiger partial charge in [-0.1, -0.05) is 12.1 Å². The third-order valence-electron chi connectivity index (χ3n) is 3.46. The van der Waals surface area contributed by atoms with E-state index < -0.39 is 10.0 Å². The van der Waals surface area contributed by atoms with Crippen LogP contribution in [0.15, 0.2) is 35.4 Å². The lowest BCUT2D eigenvalue weighted by Crippen LogP contribution is -2.14. The maximum Gasteiger partial charge on any atom is 0.238 e. The van der Waals surface area contributed by atoms with Gasteiger partial charge in [-0.05, 0) is 31.5 Å². The van der Waals surface area contributed by atoms with Crippen LogP contribution in [0.5, 0.6) is 0 Å². The molecule has 0 radical (unpaired) electrons. The second-order valence-electron chi connectivity index (χ2n) is 5.24. The van der Waals surface area contributed by atoms with Crippen molar-refractivity contribution in [2.45, 2.75) is 24.8 Å². The molecule has 0 amide bonds. The molecule has 23 heavy (non-hydrogen) atoms. The summed E-state index contributed by atoms with van der Waals surface area (Å²) >= 11 is 0. The van der Waals surface area contributed by atoms with Gasteiger partial charge in [-0.3, -0.25) is 5.10 Å². The summed E-state index contributed by atoms with van der Waals surface area (Å²) in [6, 6.07) is 6.32. The molecule has 3 aromatic rings. The minimum Gasteiger partial charge on any atom is -0.363 e. The Morgan fingerprint density at radius 3 is 2.83 bits per heavy atom. The number of H-pyrrole nitrogens is 1. The number of rotatable bonds is 4. The van der Waals surface area contributed by atoms with E-state index in [1.165, 1.54) is 6.07 Å². The summed E-state index contributed by atoms with van der Waals surface area (Å²) in [6.45, 7) is 3.70. The fraction of sp³-hybridized carbons (Fsp3) is 0.214. The molecule has 2 aromatic heterocycles. The molecule has 0 saturated heterocycles. The van der Waals surface area contributed by atoms with Crippen LogP contribution in [0.1, 0.15) is 24.4 Å². The van der Waals surface area contributed by atoms with E-state index in [0.717, 1.165) is 10.9 Å². The number of fused-ring (bicyclic) bond motifs is 1. The summed E-state index contributed by atoms with van der Waals surface area (Å²) in [7, 11) is -3.73.